The average Bonchev–Trinajstić information content (AvgIpc) is 2.20. The van der Waals surface area contributed by atoms with Crippen molar-refractivity contribution in [2.24, 2.45) is 0 Å². The van der Waals surface area contributed by atoms with Gasteiger partial charge in [-0.05, 0) is 31.9 Å². The number of carbonyl (C=O) groups excluding carboxylic acids is 1. The van der Waals surface area contributed by atoms with Crippen LogP contribution in [0.25, 0.3) is 0 Å². The summed E-state index contributed by atoms with van der Waals surface area (Å²) < 4.78 is 0. The minimum Gasteiger partial charge on any atom is -0.376 e. The molecular weight excluding hydrogens is 174 g/mol. The van der Waals surface area contributed by atoms with E-state index in [-0.39, 0.29) is 6.04 Å². The van der Waals surface area contributed by atoms with E-state index < -0.39 is 0 Å². The fourth-order valence-electron chi connectivity index (χ4n) is 1.44. The molecule has 1 rings (SSSR count). The number of nitrogens with one attached hydrogen (secondary N) is 1. The second-order valence-corrected chi connectivity index (χ2v) is 3.58. The lowest BCUT2D eigenvalue weighted by Gasteiger charge is -2.13. The Bertz CT molecular complexity index is 320. The Hall–Kier alpha value is -1.31. The average molecular weight is 191 g/mol. The van der Waals surface area contributed by atoms with Crippen LogP contribution >= 0.6 is 0 Å². The van der Waals surface area contributed by atoms with Gasteiger partial charge in [0.2, 0.25) is 0 Å². The van der Waals surface area contributed by atoms with Gasteiger partial charge in [-0.1, -0.05) is 24.6 Å². The van der Waals surface area contributed by atoms with Crippen molar-refractivity contribution in [1.29, 1.82) is 0 Å². The molecule has 0 radical (unpaired) electrons. The number of aryl methyl sites for hydroxylation is 2. The quantitative estimate of drug-likeness (QED) is 0.741. The second-order valence-electron chi connectivity index (χ2n) is 3.58. The standard InChI is InChI=1S/C12H17NO/c1-4-11-7-9(2)5-6-12(11)13-10(3)8-14/h5-8,10,13H,4H2,1-3H3. The third-order valence-electron chi connectivity index (χ3n) is 2.23. The molecule has 0 aliphatic rings. The van der Waals surface area contributed by atoms with Crippen LogP contribution in [0.3, 0.4) is 0 Å². The molecule has 1 unspecified atom stereocenters. The molecule has 0 saturated heterocycles. The monoisotopic (exact) mass is 191 g/mol. The maximum absolute atomic E-state index is 10.5. The van der Waals surface area contributed by atoms with Crippen molar-refractivity contribution in [3.63, 3.8) is 0 Å². The highest BCUT2D eigenvalue weighted by atomic mass is 16.1. The van der Waals surface area contributed by atoms with E-state index in [9.17, 15) is 4.79 Å². The van der Waals surface area contributed by atoms with Gasteiger partial charge in [-0.3, -0.25) is 0 Å². The number of hydrogen-bond acceptors (Lipinski definition) is 2. The van der Waals surface area contributed by atoms with E-state index in [4.69, 9.17) is 0 Å². The molecular formula is C12H17NO. The lowest BCUT2D eigenvalue weighted by atomic mass is 10.1. The first kappa shape index (κ1) is 10.8. The molecule has 0 spiro atoms. The maximum atomic E-state index is 10.5. The number of rotatable bonds is 4. The molecule has 0 fully saturated rings. The second kappa shape index (κ2) is 4.80. The van der Waals surface area contributed by atoms with Gasteiger partial charge in [0.25, 0.3) is 0 Å². The highest BCUT2D eigenvalue weighted by molar-refractivity contribution is 5.65. The summed E-state index contributed by atoms with van der Waals surface area (Å²) >= 11 is 0. The third kappa shape index (κ3) is 2.59. The molecule has 1 atom stereocenters. The summed E-state index contributed by atoms with van der Waals surface area (Å²) in [6, 6.07) is 6.12. The van der Waals surface area contributed by atoms with Gasteiger partial charge in [-0.25, -0.2) is 0 Å². The summed E-state index contributed by atoms with van der Waals surface area (Å²) in [4.78, 5) is 10.5. The fourth-order valence-corrected chi connectivity index (χ4v) is 1.44. The van der Waals surface area contributed by atoms with Gasteiger partial charge in [0.15, 0.2) is 0 Å². The van der Waals surface area contributed by atoms with Gasteiger partial charge < -0.3 is 10.1 Å². The van der Waals surface area contributed by atoms with Gasteiger partial charge in [-0.2, -0.15) is 0 Å². The van der Waals surface area contributed by atoms with E-state index in [1.165, 1.54) is 11.1 Å². The third-order valence-corrected chi connectivity index (χ3v) is 2.23. The zero-order valence-corrected chi connectivity index (χ0v) is 9.00. The molecule has 2 nitrogen and oxygen atoms in total. The van der Waals surface area contributed by atoms with Gasteiger partial charge >= 0.3 is 0 Å². The topological polar surface area (TPSA) is 29.1 Å². The predicted octanol–water partition coefficient (Wildman–Crippen LogP) is 2.56. The van der Waals surface area contributed by atoms with E-state index in [2.05, 4.69) is 31.3 Å². The van der Waals surface area contributed by atoms with Crippen LogP contribution in [0, 0.1) is 6.92 Å². The molecule has 1 N–H and O–H groups in total. The smallest absolute Gasteiger partial charge is 0.141 e. The summed E-state index contributed by atoms with van der Waals surface area (Å²) in [5, 5.41) is 3.17. The Morgan fingerprint density at radius 3 is 2.79 bits per heavy atom. The predicted molar refractivity (Wildman–Crippen MR) is 59.7 cm³/mol. The van der Waals surface area contributed by atoms with E-state index in [1.54, 1.807) is 0 Å². The minimum atomic E-state index is -0.122. The summed E-state index contributed by atoms with van der Waals surface area (Å²) in [6.07, 6.45) is 1.90. The van der Waals surface area contributed by atoms with Crippen LogP contribution < -0.4 is 5.32 Å². The Kier molecular flexibility index (Phi) is 3.69. The van der Waals surface area contributed by atoms with E-state index >= 15 is 0 Å². The zero-order valence-electron chi connectivity index (χ0n) is 9.00. The van der Waals surface area contributed by atoms with E-state index in [1.807, 2.05) is 13.0 Å². The Morgan fingerprint density at radius 1 is 1.50 bits per heavy atom. The number of benzene rings is 1. The molecule has 0 bridgehead atoms. The molecule has 2 heteroatoms. The number of anilines is 1. The molecule has 76 valence electrons. The van der Waals surface area contributed by atoms with Gasteiger partial charge in [-0.15, -0.1) is 0 Å². The number of hydrogen-bond donors (Lipinski definition) is 1. The van der Waals surface area contributed by atoms with Crippen LogP contribution in [-0.4, -0.2) is 12.3 Å². The summed E-state index contributed by atoms with van der Waals surface area (Å²) in [5.74, 6) is 0. The molecule has 0 aliphatic carbocycles. The van der Waals surface area contributed by atoms with Crippen LogP contribution in [0.5, 0.6) is 0 Å². The van der Waals surface area contributed by atoms with Gasteiger partial charge in [0, 0.05) is 5.69 Å². The van der Waals surface area contributed by atoms with Crippen molar-refractivity contribution in [2.75, 3.05) is 5.32 Å². The molecule has 0 heterocycles. The van der Waals surface area contributed by atoms with Crippen LogP contribution in [0.1, 0.15) is 25.0 Å². The Balaban J connectivity index is 2.90. The molecule has 1 aromatic carbocycles. The summed E-state index contributed by atoms with van der Waals surface area (Å²) in [6.45, 7) is 6.05. The van der Waals surface area contributed by atoms with Crippen molar-refractivity contribution >= 4 is 12.0 Å². The first-order valence-corrected chi connectivity index (χ1v) is 4.98. The summed E-state index contributed by atoms with van der Waals surface area (Å²) in [5.41, 5.74) is 3.59. The largest absolute Gasteiger partial charge is 0.376 e. The van der Waals surface area contributed by atoms with Crippen molar-refractivity contribution < 1.29 is 4.79 Å². The van der Waals surface area contributed by atoms with Crippen LogP contribution in [-0.2, 0) is 11.2 Å². The van der Waals surface area contributed by atoms with Crippen LogP contribution in [0.4, 0.5) is 5.69 Å². The highest BCUT2D eigenvalue weighted by Crippen LogP contribution is 2.18. The lowest BCUT2D eigenvalue weighted by molar-refractivity contribution is -0.108. The molecule has 14 heavy (non-hydrogen) atoms. The minimum absolute atomic E-state index is 0.122. The normalized spacial score (nSPS) is 12.2. The fraction of sp³-hybridized carbons (Fsp3) is 0.417. The van der Waals surface area contributed by atoms with Gasteiger partial charge in [0.1, 0.15) is 6.29 Å². The van der Waals surface area contributed by atoms with E-state index in [0.717, 1.165) is 18.4 Å². The number of aldehydes is 1. The lowest BCUT2D eigenvalue weighted by Crippen LogP contribution is -2.17. The SMILES string of the molecule is CCc1cc(C)ccc1NC(C)C=O. The first-order chi connectivity index (χ1) is 6.67. The molecule has 0 aliphatic heterocycles. The van der Waals surface area contributed by atoms with Crippen molar-refractivity contribution in [2.45, 2.75) is 33.2 Å². The molecule has 0 aromatic heterocycles. The van der Waals surface area contributed by atoms with E-state index in [0.29, 0.717) is 0 Å². The first-order valence-electron chi connectivity index (χ1n) is 4.98. The van der Waals surface area contributed by atoms with Crippen molar-refractivity contribution in [3.8, 4) is 0 Å². The summed E-state index contributed by atoms with van der Waals surface area (Å²) in [7, 11) is 0. The Morgan fingerprint density at radius 2 is 2.21 bits per heavy atom. The maximum Gasteiger partial charge on any atom is 0.141 e. The van der Waals surface area contributed by atoms with Crippen molar-refractivity contribution in [3.05, 3.63) is 29.3 Å². The molecule has 1 aromatic rings. The molecule has 0 saturated carbocycles. The number of carbonyl (C=O) groups is 1. The van der Waals surface area contributed by atoms with Crippen LogP contribution in [0.2, 0.25) is 0 Å². The molecule has 0 amide bonds. The zero-order chi connectivity index (χ0) is 10.6. The Labute approximate surface area is 85.3 Å². The van der Waals surface area contributed by atoms with Crippen LogP contribution in [0.15, 0.2) is 18.2 Å². The van der Waals surface area contributed by atoms with Crippen molar-refractivity contribution in [1.82, 2.24) is 0 Å². The van der Waals surface area contributed by atoms with Gasteiger partial charge in [0.05, 0.1) is 6.04 Å². The highest BCUT2D eigenvalue weighted by Gasteiger charge is 2.03.